The molecule has 1 fully saturated rings. The monoisotopic (exact) mass is 360 g/mol. The fraction of sp³-hybridized carbons (Fsp3) is 0.308. The summed E-state index contributed by atoms with van der Waals surface area (Å²) in [5.41, 5.74) is 0. The van der Waals surface area contributed by atoms with Gasteiger partial charge < -0.3 is 4.90 Å². The molecule has 0 atom stereocenters. The van der Waals surface area contributed by atoms with Crippen molar-refractivity contribution in [2.24, 2.45) is 0 Å². The van der Waals surface area contributed by atoms with Gasteiger partial charge in [-0.25, -0.2) is 0 Å². The number of nitrogens with zero attached hydrogens (tertiary/aromatic N) is 4. The summed E-state index contributed by atoms with van der Waals surface area (Å²) in [6.45, 7) is 1.91. The Hall–Kier alpha value is -0.750. The number of benzene rings is 1. The lowest BCUT2D eigenvalue weighted by atomic mass is 10.4. The van der Waals surface area contributed by atoms with Crippen LogP contribution < -0.4 is 4.90 Å². The van der Waals surface area contributed by atoms with Gasteiger partial charge in [0.2, 0.25) is 11.2 Å². The maximum atomic E-state index is 6.01. The predicted molar refractivity (Wildman–Crippen MR) is 86.9 cm³/mol. The van der Waals surface area contributed by atoms with Crippen LogP contribution in [0.15, 0.2) is 28.3 Å². The topological polar surface area (TPSA) is 41.9 Å². The molecule has 110 valence electrons. The second-order valence-electron chi connectivity index (χ2n) is 4.56. The highest BCUT2D eigenvalue weighted by Crippen LogP contribution is 2.32. The lowest BCUT2D eigenvalue weighted by Gasteiger charge is -2.15. The highest BCUT2D eigenvalue weighted by atomic mass is 35.5. The van der Waals surface area contributed by atoms with Crippen molar-refractivity contribution in [2.75, 3.05) is 18.0 Å². The average Bonchev–Trinajstić information content (AvgIpc) is 2.96. The van der Waals surface area contributed by atoms with Gasteiger partial charge in [-0.3, -0.25) is 0 Å². The van der Waals surface area contributed by atoms with Gasteiger partial charge in [0.15, 0.2) is 5.16 Å². The van der Waals surface area contributed by atoms with E-state index in [1.54, 1.807) is 12.1 Å². The molecule has 1 aliphatic heterocycles. The average molecular weight is 362 g/mol. The van der Waals surface area contributed by atoms with E-state index < -0.39 is 0 Å². The summed E-state index contributed by atoms with van der Waals surface area (Å²) in [5.74, 6) is 0.634. The van der Waals surface area contributed by atoms with E-state index in [9.17, 15) is 0 Å². The largest absolute Gasteiger partial charge is 0.341 e. The van der Waals surface area contributed by atoms with E-state index in [4.69, 9.17) is 34.8 Å². The fourth-order valence-corrected chi connectivity index (χ4v) is 3.42. The molecule has 8 heteroatoms. The van der Waals surface area contributed by atoms with E-state index in [-0.39, 0.29) is 5.28 Å². The van der Waals surface area contributed by atoms with Crippen LogP contribution in [-0.4, -0.2) is 28.0 Å². The molecule has 21 heavy (non-hydrogen) atoms. The summed E-state index contributed by atoms with van der Waals surface area (Å²) in [7, 11) is 0. The fourth-order valence-electron chi connectivity index (χ4n) is 2.07. The van der Waals surface area contributed by atoms with Crippen molar-refractivity contribution in [3.63, 3.8) is 0 Å². The lowest BCUT2D eigenvalue weighted by Crippen LogP contribution is -2.21. The van der Waals surface area contributed by atoms with Crippen molar-refractivity contribution in [3.8, 4) is 0 Å². The first kappa shape index (κ1) is 15.2. The van der Waals surface area contributed by atoms with Crippen molar-refractivity contribution < 1.29 is 0 Å². The Morgan fingerprint density at radius 3 is 2.43 bits per heavy atom. The van der Waals surface area contributed by atoms with E-state index in [0.717, 1.165) is 30.8 Å². The van der Waals surface area contributed by atoms with Gasteiger partial charge in [0.1, 0.15) is 0 Å². The van der Waals surface area contributed by atoms with Crippen LogP contribution >= 0.6 is 46.6 Å². The van der Waals surface area contributed by atoms with Gasteiger partial charge >= 0.3 is 0 Å². The third kappa shape index (κ3) is 3.72. The third-order valence-electron chi connectivity index (χ3n) is 3.06. The number of rotatable bonds is 3. The van der Waals surface area contributed by atoms with E-state index in [2.05, 4.69) is 19.9 Å². The molecule has 3 rings (SSSR count). The first-order chi connectivity index (χ1) is 10.1. The molecule has 0 radical (unpaired) electrons. The second kappa shape index (κ2) is 6.57. The molecule has 0 N–H and O–H groups in total. The maximum Gasteiger partial charge on any atom is 0.230 e. The van der Waals surface area contributed by atoms with E-state index in [0.29, 0.717) is 21.2 Å². The van der Waals surface area contributed by atoms with Gasteiger partial charge in [-0.05, 0) is 54.4 Å². The first-order valence-corrected chi connectivity index (χ1v) is 8.36. The molecule has 1 aliphatic rings. The summed E-state index contributed by atoms with van der Waals surface area (Å²) in [6.07, 6.45) is 2.30. The lowest BCUT2D eigenvalue weighted by molar-refractivity contribution is 0.826. The molecular weight excluding hydrogens is 351 g/mol. The van der Waals surface area contributed by atoms with Gasteiger partial charge in [-0.2, -0.15) is 15.0 Å². The van der Waals surface area contributed by atoms with E-state index in [1.807, 2.05) is 6.07 Å². The molecule has 0 amide bonds. The zero-order valence-corrected chi connectivity index (χ0v) is 14.0. The summed E-state index contributed by atoms with van der Waals surface area (Å²) < 4.78 is 0. The summed E-state index contributed by atoms with van der Waals surface area (Å²) in [4.78, 5) is 15.8. The molecule has 0 saturated carbocycles. The van der Waals surface area contributed by atoms with E-state index >= 15 is 0 Å². The predicted octanol–water partition coefficient (Wildman–Crippen LogP) is 4.58. The van der Waals surface area contributed by atoms with Crippen molar-refractivity contribution in [3.05, 3.63) is 33.5 Å². The molecule has 0 bridgehead atoms. The molecule has 1 aromatic carbocycles. The molecule has 1 aromatic heterocycles. The summed E-state index contributed by atoms with van der Waals surface area (Å²) >= 11 is 19.3. The Labute approximate surface area is 141 Å². The van der Waals surface area contributed by atoms with Crippen LogP contribution in [-0.2, 0) is 0 Å². The Balaban J connectivity index is 1.85. The minimum Gasteiger partial charge on any atom is -0.341 e. The van der Waals surface area contributed by atoms with Crippen LogP contribution in [0.4, 0.5) is 5.95 Å². The highest BCUT2D eigenvalue weighted by Gasteiger charge is 2.17. The van der Waals surface area contributed by atoms with Gasteiger partial charge in [-0.15, -0.1) is 0 Å². The van der Waals surface area contributed by atoms with Crippen LogP contribution in [0.3, 0.4) is 0 Å². The zero-order chi connectivity index (χ0) is 14.8. The summed E-state index contributed by atoms with van der Waals surface area (Å²) in [6, 6.07) is 5.39. The summed E-state index contributed by atoms with van der Waals surface area (Å²) in [5, 5.41) is 1.78. The highest BCUT2D eigenvalue weighted by molar-refractivity contribution is 7.99. The maximum absolute atomic E-state index is 6.01. The molecule has 2 heterocycles. The Morgan fingerprint density at radius 1 is 0.952 bits per heavy atom. The molecule has 2 aromatic rings. The number of anilines is 1. The van der Waals surface area contributed by atoms with Crippen LogP contribution in [0.2, 0.25) is 15.3 Å². The SMILES string of the molecule is Clc1nc(Sc2ccc(Cl)c(Cl)c2)nc(N2CCCC2)n1. The van der Waals surface area contributed by atoms with Crippen molar-refractivity contribution in [1.29, 1.82) is 0 Å². The Kier molecular flexibility index (Phi) is 4.74. The molecule has 0 aliphatic carbocycles. The minimum atomic E-state index is 0.203. The van der Waals surface area contributed by atoms with Gasteiger partial charge in [0, 0.05) is 18.0 Å². The number of aromatic nitrogens is 3. The number of hydrogen-bond donors (Lipinski definition) is 0. The number of halogens is 3. The molecular formula is C13H11Cl3N4S. The van der Waals surface area contributed by atoms with E-state index in [1.165, 1.54) is 11.8 Å². The standard InChI is InChI=1S/C13H11Cl3N4S/c14-9-4-3-8(7-10(9)15)21-13-18-11(16)17-12(19-13)20-5-1-2-6-20/h3-4,7H,1-2,5-6H2. The Bertz CT molecular complexity index is 662. The smallest absolute Gasteiger partial charge is 0.230 e. The van der Waals surface area contributed by atoms with Gasteiger partial charge in [0.25, 0.3) is 0 Å². The molecule has 1 saturated heterocycles. The van der Waals surface area contributed by atoms with Crippen molar-refractivity contribution in [1.82, 2.24) is 15.0 Å². The van der Waals surface area contributed by atoms with Gasteiger partial charge in [0.05, 0.1) is 10.0 Å². The first-order valence-electron chi connectivity index (χ1n) is 6.41. The van der Waals surface area contributed by atoms with Crippen LogP contribution in [0.5, 0.6) is 0 Å². The van der Waals surface area contributed by atoms with Crippen molar-refractivity contribution in [2.45, 2.75) is 22.9 Å². The second-order valence-corrected chi connectivity index (χ2v) is 6.75. The molecule has 4 nitrogen and oxygen atoms in total. The van der Waals surface area contributed by atoms with Crippen LogP contribution in [0.1, 0.15) is 12.8 Å². The minimum absolute atomic E-state index is 0.203. The normalized spacial score (nSPS) is 14.7. The molecule has 0 unspecified atom stereocenters. The Morgan fingerprint density at radius 2 is 1.71 bits per heavy atom. The van der Waals surface area contributed by atoms with Crippen LogP contribution in [0.25, 0.3) is 0 Å². The zero-order valence-electron chi connectivity index (χ0n) is 10.9. The number of hydrogen-bond acceptors (Lipinski definition) is 5. The quantitative estimate of drug-likeness (QED) is 0.800. The molecule has 0 spiro atoms. The van der Waals surface area contributed by atoms with Crippen molar-refractivity contribution >= 4 is 52.5 Å². The van der Waals surface area contributed by atoms with Crippen LogP contribution in [0, 0.1) is 0 Å². The van der Waals surface area contributed by atoms with Gasteiger partial charge in [-0.1, -0.05) is 23.2 Å². The third-order valence-corrected chi connectivity index (χ3v) is 4.83.